The second-order valence-corrected chi connectivity index (χ2v) is 7.42. The van der Waals surface area contributed by atoms with Crippen molar-refractivity contribution in [1.29, 1.82) is 0 Å². The average molecular weight is 383 g/mol. The number of benzene rings is 2. The van der Waals surface area contributed by atoms with Gasteiger partial charge in [0.05, 0.1) is 11.5 Å². The van der Waals surface area contributed by atoms with Gasteiger partial charge in [-0.3, -0.25) is 10.1 Å². The van der Waals surface area contributed by atoms with Crippen molar-refractivity contribution in [3.8, 4) is 28.7 Å². The topological polar surface area (TPSA) is 112 Å². The molecule has 0 amide bonds. The first kappa shape index (κ1) is 18.5. The first-order valence-electron chi connectivity index (χ1n) is 8.20. The Morgan fingerprint density at radius 2 is 1.89 bits per heavy atom. The Morgan fingerprint density at radius 3 is 2.56 bits per heavy atom. The Kier molecular flexibility index (Phi) is 5.72. The second kappa shape index (κ2) is 8.36. The van der Waals surface area contributed by atoms with Crippen molar-refractivity contribution < 1.29 is 18.9 Å². The molecule has 0 radical (unpaired) electrons. The molecule has 1 heterocycles. The summed E-state index contributed by atoms with van der Waals surface area (Å²) in [5.74, 6) is 1.27. The van der Waals surface area contributed by atoms with E-state index in [1.165, 1.54) is 12.1 Å². The van der Waals surface area contributed by atoms with Crippen LogP contribution in [0.2, 0.25) is 6.55 Å². The third-order valence-electron chi connectivity index (χ3n) is 3.66. The van der Waals surface area contributed by atoms with Gasteiger partial charge < -0.3 is 13.9 Å². The minimum absolute atomic E-state index is 0.00173. The van der Waals surface area contributed by atoms with Crippen LogP contribution in [0.15, 0.2) is 52.9 Å². The van der Waals surface area contributed by atoms with Gasteiger partial charge in [-0.2, -0.15) is 0 Å². The van der Waals surface area contributed by atoms with E-state index in [0.29, 0.717) is 35.8 Å². The summed E-state index contributed by atoms with van der Waals surface area (Å²) in [6, 6.07) is 13.2. The fourth-order valence-corrected chi connectivity index (χ4v) is 2.88. The molecular formula is C18H17N3O5Si. The van der Waals surface area contributed by atoms with E-state index >= 15 is 0 Å². The van der Waals surface area contributed by atoms with Crippen LogP contribution in [0.4, 0.5) is 5.69 Å². The molecule has 3 rings (SSSR count). The van der Waals surface area contributed by atoms with Gasteiger partial charge in [0.15, 0.2) is 0 Å². The summed E-state index contributed by atoms with van der Waals surface area (Å²) >= 11 is 0. The minimum atomic E-state index is -1.35. The quantitative estimate of drug-likeness (QED) is 0.289. The number of aromatic nitrogens is 2. The van der Waals surface area contributed by atoms with E-state index in [-0.39, 0.29) is 11.6 Å². The highest BCUT2D eigenvalue weighted by Crippen LogP contribution is 2.27. The van der Waals surface area contributed by atoms with Crippen molar-refractivity contribution in [1.82, 2.24) is 10.2 Å². The predicted octanol–water partition coefficient (Wildman–Crippen LogP) is 3.08. The van der Waals surface area contributed by atoms with Crippen molar-refractivity contribution in [3.63, 3.8) is 0 Å². The fourth-order valence-electron chi connectivity index (χ4n) is 2.35. The Bertz CT molecular complexity index is 965. The molecule has 0 fully saturated rings. The summed E-state index contributed by atoms with van der Waals surface area (Å²) in [6.45, 7) is 2.27. The van der Waals surface area contributed by atoms with Crippen molar-refractivity contribution in [2.45, 2.75) is 13.0 Å². The Balaban J connectivity index is 1.73. The molecule has 0 atom stereocenters. The van der Waals surface area contributed by atoms with E-state index in [1.54, 1.807) is 24.7 Å². The van der Waals surface area contributed by atoms with Gasteiger partial charge in [0.1, 0.15) is 5.75 Å². The number of rotatable bonds is 7. The van der Waals surface area contributed by atoms with Crippen LogP contribution in [0.5, 0.6) is 5.75 Å². The first-order valence-corrected chi connectivity index (χ1v) is 10.2. The number of non-ortho nitro benzene ring substituents is 1. The van der Waals surface area contributed by atoms with E-state index in [4.69, 9.17) is 9.15 Å². The van der Waals surface area contributed by atoms with E-state index in [0.717, 1.165) is 0 Å². The maximum atomic E-state index is 10.7. The zero-order chi connectivity index (χ0) is 19.2. The van der Waals surface area contributed by atoms with Crippen LogP contribution in [0, 0.1) is 10.1 Å². The molecule has 0 spiro atoms. The predicted molar refractivity (Wildman–Crippen MR) is 102 cm³/mol. The van der Waals surface area contributed by atoms with Crippen LogP contribution in [-0.2, 0) is 0 Å². The largest absolute Gasteiger partial charge is 0.566 e. The van der Waals surface area contributed by atoms with Crippen LogP contribution in [0.25, 0.3) is 22.9 Å². The summed E-state index contributed by atoms with van der Waals surface area (Å²) in [5.41, 5.74) is 3.17. The molecule has 138 valence electrons. The lowest BCUT2D eigenvalue weighted by atomic mass is 10.2. The second-order valence-electron chi connectivity index (χ2n) is 5.73. The molecule has 0 aliphatic heterocycles. The lowest BCUT2D eigenvalue weighted by Gasteiger charge is -2.05. The lowest BCUT2D eigenvalue weighted by molar-refractivity contribution is -0.384. The summed E-state index contributed by atoms with van der Waals surface area (Å²) in [4.78, 5) is 19.6. The Morgan fingerprint density at radius 1 is 1.19 bits per heavy atom. The normalized spacial score (nSPS) is 11.4. The molecule has 0 bridgehead atoms. The fraction of sp³-hybridized carbons (Fsp3) is 0.167. The first-order chi connectivity index (χ1) is 13.0. The number of ether oxygens (including phenoxy) is 1. The number of nitrogens with zero attached hydrogens (tertiary/aromatic N) is 3. The summed E-state index contributed by atoms with van der Waals surface area (Å²) < 4.78 is 11.4. The molecule has 27 heavy (non-hydrogen) atoms. The van der Waals surface area contributed by atoms with Crippen molar-refractivity contribution in [2.24, 2.45) is 0 Å². The van der Waals surface area contributed by atoms with Gasteiger partial charge in [0, 0.05) is 23.3 Å². The van der Waals surface area contributed by atoms with Crippen LogP contribution < -0.4 is 4.74 Å². The molecule has 1 aromatic heterocycles. The average Bonchev–Trinajstić information content (AvgIpc) is 3.16. The number of nitro benzene ring substituents is 1. The highest BCUT2D eigenvalue weighted by molar-refractivity contribution is 6.57. The Labute approximate surface area is 156 Å². The molecule has 0 saturated heterocycles. The number of hydrogen-bond acceptors (Lipinski definition) is 7. The van der Waals surface area contributed by atoms with E-state index in [1.807, 2.05) is 23.9 Å². The van der Waals surface area contributed by atoms with E-state index in [9.17, 15) is 14.9 Å². The van der Waals surface area contributed by atoms with E-state index < -0.39 is 13.6 Å². The molecule has 3 aromatic rings. The summed E-state index contributed by atoms with van der Waals surface area (Å²) in [5, 5.41) is 18.8. The molecule has 0 saturated carbocycles. The van der Waals surface area contributed by atoms with Gasteiger partial charge in [0.25, 0.3) is 5.69 Å². The molecule has 9 heteroatoms. The molecule has 0 aliphatic carbocycles. The van der Waals surface area contributed by atoms with Gasteiger partial charge in [-0.15, -0.1) is 10.2 Å². The standard InChI is InChI=1S/C18H17N3O5Si/c1-27(24)11-3-10-25-16-5-2-4-14(12-16)18-20-19-17(26-18)13-6-8-15(9-7-13)21(22)23/h2,4-9,11-12,24H,3,10H2,1H3/b27-11-. The van der Waals surface area contributed by atoms with Gasteiger partial charge in [-0.25, -0.2) is 0 Å². The van der Waals surface area contributed by atoms with Gasteiger partial charge >= 0.3 is 0 Å². The minimum Gasteiger partial charge on any atom is -0.566 e. The summed E-state index contributed by atoms with van der Waals surface area (Å²) in [7, 11) is -1.35. The third kappa shape index (κ3) is 4.85. The lowest BCUT2D eigenvalue weighted by Crippen LogP contribution is -2.03. The highest BCUT2D eigenvalue weighted by atomic mass is 28.3. The summed E-state index contributed by atoms with van der Waals surface area (Å²) in [6.07, 6.45) is 0.677. The van der Waals surface area contributed by atoms with Gasteiger partial charge in [0.2, 0.25) is 20.4 Å². The molecule has 0 aliphatic rings. The van der Waals surface area contributed by atoms with Crippen LogP contribution in [0.1, 0.15) is 6.42 Å². The molecular weight excluding hydrogens is 366 g/mol. The number of nitro groups is 1. The molecule has 0 unspecified atom stereocenters. The third-order valence-corrected chi connectivity index (χ3v) is 4.54. The molecule has 1 N–H and O–H groups in total. The highest BCUT2D eigenvalue weighted by Gasteiger charge is 2.13. The monoisotopic (exact) mass is 383 g/mol. The van der Waals surface area contributed by atoms with Crippen LogP contribution in [0.3, 0.4) is 0 Å². The smallest absolute Gasteiger partial charge is 0.269 e. The van der Waals surface area contributed by atoms with E-state index in [2.05, 4.69) is 10.2 Å². The molecule has 8 nitrogen and oxygen atoms in total. The van der Waals surface area contributed by atoms with Gasteiger partial charge in [-0.05, 0) is 43.3 Å². The van der Waals surface area contributed by atoms with Crippen molar-refractivity contribution in [3.05, 3.63) is 58.6 Å². The SMILES string of the molecule is C/[Si](O)=C/CCOc1cccc(-c2nnc(-c3ccc([N+](=O)[O-])cc3)o2)c1. The zero-order valence-electron chi connectivity index (χ0n) is 14.5. The van der Waals surface area contributed by atoms with Crippen LogP contribution >= 0.6 is 0 Å². The van der Waals surface area contributed by atoms with Crippen molar-refractivity contribution >= 4 is 20.0 Å². The van der Waals surface area contributed by atoms with Crippen molar-refractivity contribution in [2.75, 3.05) is 6.61 Å². The van der Waals surface area contributed by atoms with Crippen LogP contribution in [-0.4, -0.2) is 40.8 Å². The molecule has 2 aromatic carbocycles. The Hall–Kier alpha value is -3.33. The maximum Gasteiger partial charge on any atom is 0.269 e. The number of hydrogen-bond donors (Lipinski definition) is 1. The van der Waals surface area contributed by atoms with Gasteiger partial charge in [-0.1, -0.05) is 11.7 Å². The maximum absolute atomic E-state index is 10.7. The zero-order valence-corrected chi connectivity index (χ0v) is 15.5.